The molecule has 6 nitrogen and oxygen atoms in total. The Kier molecular flexibility index (Phi) is 3.58. The molecule has 0 fully saturated rings. The smallest absolute Gasteiger partial charge is 0.408 e. The van der Waals surface area contributed by atoms with E-state index < -0.39 is 5.76 Å². The van der Waals surface area contributed by atoms with Crippen molar-refractivity contribution in [2.75, 3.05) is 5.32 Å². The normalized spacial score (nSPS) is 11.3. The third-order valence-corrected chi connectivity index (χ3v) is 4.44. The van der Waals surface area contributed by atoms with Crippen LogP contribution in [0.1, 0.15) is 35.3 Å². The lowest BCUT2D eigenvalue weighted by molar-refractivity contribution is 0.102. The van der Waals surface area contributed by atoms with E-state index in [1.165, 1.54) is 15.9 Å². The standard InChI is InChI=1S/C15H15N3O3S/c1-8(2)14-17-10(7-22-14)13(19)16-9-4-5-11-12(6-9)21-15(20)18(11)3/h4-8H,1-3H3,(H,16,19). The molecule has 7 heteroatoms. The van der Waals surface area contributed by atoms with Gasteiger partial charge in [0, 0.05) is 30.1 Å². The summed E-state index contributed by atoms with van der Waals surface area (Å²) in [6.45, 7) is 4.07. The summed E-state index contributed by atoms with van der Waals surface area (Å²) in [6, 6.07) is 5.09. The highest BCUT2D eigenvalue weighted by Crippen LogP contribution is 2.21. The molecule has 0 radical (unpaired) electrons. The maximum absolute atomic E-state index is 12.2. The van der Waals surface area contributed by atoms with Gasteiger partial charge in [-0.2, -0.15) is 0 Å². The summed E-state index contributed by atoms with van der Waals surface area (Å²) in [6.07, 6.45) is 0. The first-order chi connectivity index (χ1) is 10.5. The number of hydrogen-bond acceptors (Lipinski definition) is 5. The quantitative estimate of drug-likeness (QED) is 0.805. The summed E-state index contributed by atoms with van der Waals surface area (Å²) in [5, 5.41) is 5.43. The van der Waals surface area contributed by atoms with Gasteiger partial charge in [-0.25, -0.2) is 9.78 Å². The van der Waals surface area contributed by atoms with Crippen molar-refractivity contribution in [2.45, 2.75) is 19.8 Å². The van der Waals surface area contributed by atoms with Crippen LogP contribution in [0.4, 0.5) is 5.69 Å². The van der Waals surface area contributed by atoms with Gasteiger partial charge in [-0.3, -0.25) is 9.36 Å². The molecule has 114 valence electrons. The SMILES string of the molecule is CC(C)c1nc(C(=O)Nc2ccc3c(c2)oc(=O)n3C)cs1. The van der Waals surface area contributed by atoms with Crippen molar-refractivity contribution in [1.82, 2.24) is 9.55 Å². The number of anilines is 1. The van der Waals surface area contributed by atoms with Crippen LogP contribution < -0.4 is 11.1 Å². The van der Waals surface area contributed by atoms with E-state index in [1.54, 1.807) is 30.6 Å². The molecule has 3 rings (SSSR count). The van der Waals surface area contributed by atoms with Gasteiger partial charge in [0.25, 0.3) is 5.91 Å². The Bertz CT molecular complexity index is 904. The molecule has 2 aromatic heterocycles. The summed E-state index contributed by atoms with van der Waals surface area (Å²) >= 11 is 1.47. The van der Waals surface area contributed by atoms with Crippen molar-refractivity contribution in [2.24, 2.45) is 7.05 Å². The molecule has 0 bridgehead atoms. The number of nitrogens with one attached hydrogen (secondary N) is 1. The van der Waals surface area contributed by atoms with Gasteiger partial charge >= 0.3 is 5.76 Å². The summed E-state index contributed by atoms with van der Waals surface area (Å²) in [5.74, 6) is -0.415. The molecule has 0 saturated heterocycles. The first kappa shape index (κ1) is 14.5. The van der Waals surface area contributed by atoms with E-state index in [-0.39, 0.29) is 5.91 Å². The second-order valence-corrected chi connectivity index (χ2v) is 6.18. The third kappa shape index (κ3) is 2.55. The minimum Gasteiger partial charge on any atom is -0.408 e. The fourth-order valence-corrected chi connectivity index (χ4v) is 2.88. The highest BCUT2D eigenvalue weighted by atomic mass is 32.1. The average molecular weight is 317 g/mol. The van der Waals surface area contributed by atoms with E-state index >= 15 is 0 Å². The lowest BCUT2D eigenvalue weighted by Crippen LogP contribution is -2.12. The van der Waals surface area contributed by atoms with E-state index in [2.05, 4.69) is 10.3 Å². The van der Waals surface area contributed by atoms with Crippen molar-refractivity contribution in [3.05, 3.63) is 44.8 Å². The van der Waals surface area contributed by atoms with E-state index in [0.717, 1.165) is 5.01 Å². The molecular formula is C15H15N3O3S. The van der Waals surface area contributed by atoms with Gasteiger partial charge in [-0.05, 0) is 12.1 Å². The molecule has 0 saturated carbocycles. The maximum Gasteiger partial charge on any atom is 0.419 e. The molecule has 1 amide bonds. The van der Waals surface area contributed by atoms with Crippen molar-refractivity contribution < 1.29 is 9.21 Å². The number of aromatic nitrogens is 2. The number of carbonyl (C=O) groups is 1. The van der Waals surface area contributed by atoms with Crippen LogP contribution in [0, 0.1) is 0 Å². The molecule has 0 aliphatic carbocycles. The minimum absolute atomic E-state index is 0.277. The highest BCUT2D eigenvalue weighted by Gasteiger charge is 2.14. The molecule has 22 heavy (non-hydrogen) atoms. The van der Waals surface area contributed by atoms with Gasteiger partial charge in [0.1, 0.15) is 5.69 Å². The zero-order chi connectivity index (χ0) is 15.9. The molecular weight excluding hydrogens is 302 g/mol. The molecule has 3 aromatic rings. The van der Waals surface area contributed by atoms with Crippen LogP contribution >= 0.6 is 11.3 Å². The Morgan fingerprint density at radius 2 is 2.18 bits per heavy atom. The average Bonchev–Trinajstić information content (AvgIpc) is 3.05. The summed E-state index contributed by atoms with van der Waals surface area (Å²) in [4.78, 5) is 28.0. The van der Waals surface area contributed by atoms with Crippen LogP contribution in [0.15, 0.2) is 32.8 Å². The summed E-state index contributed by atoms with van der Waals surface area (Å²) in [5.41, 5.74) is 2.07. The van der Waals surface area contributed by atoms with Crippen LogP contribution in [0.25, 0.3) is 11.1 Å². The van der Waals surface area contributed by atoms with Crippen LogP contribution in [0.3, 0.4) is 0 Å². The Hall–Kier alpha value is -2.41. The maximum atomic E-state index is 12.2. The summed E-state index contributed by atoms with van der Waals surface area (Å²) < 4.78 is 6.52. The van der Waals surface area contributed by atoms with Gasteiger partial charge in [0.15, 0.2) is 5.58 Å². The number of rotatable bonds is 3. The second-order valence-electron chi connectivity index (χ2n) is 5.29. The number of hydrogen-bond donors (Lipinski definition) is 1. The molecule has 1 N–H and O–H groups in total. The molecule has 2 heterocycles. The van der Waals surface area contributed by atoms with Crippen LogP contribution in [0.5, 0.6) is 0 Å². The fraction of sp³-hybridized carbons (Fsp3) is 0.267. The molecule has 0 unspecified atom stereocenters. The Balaban J connectivity index is 1.85. The first-order valence-corrected chi connectivity index (χ1v) is 7.70. The third-order valence-electron chi connectivity index (χ3n) is 3.30. The largest absolute Gasteiger partial charge is 0.419 e. The number of carbonyl (C=O) groups excluding carboxylic acids is 1. The van der Waals surface area contributed by atoms with Crippen molar-refractivity contribution in [3.8, 4) is 0 Å². The lowest BCUT2D eigenvalue weighted by atomic mass is 10.2. The van der Waals surface area contributed by atoms with Crippen LogP contribution in [-0.2, 0) is 7.05 Å². The van der Waals surface area contributed by atoms with Crippen molar-refractivity contribution in [3.63, 3.8) is 0 Å². The van der Waals surface area contributed by atoms with E-state index in [1.807, 2.05) is 13.8 Å². The van der Waals surface area contributed by atoms with Crippen LogP contribution in [0.2, 0.25) is 0 Å². The molecule has 0 aliphatic heterocycles. The zero-order valence-corrected chi connectivity index (χ0v) is 13.2. The molecule has 0 atom stereocenters. The number of thiazole rings is 1. The number of amides is 1. The Labute approximate surface area is 130 Å². The first-order valence-electron chi connectivity index (χ1n) is 6.82. The number of fused-ring (bicyclic) bond motifs is 1. The van der Waals surface area contributed by atoms with Crippen molar-refractivity contribution >= 4 is 34.0 Å². The van der Waals surface area contributed by atoms with Crippen molar-refractivity contribution in [1.29, 1.82) is 0 Å². The molecule has 1 aromatic carbocycles. The van der Waals surface area contributed by atoms with Crippen LogP contribution in [-0.4, -0.2) is 15.5 Å². The topological polar surface area (TPSA) is 77.1 Å². The predicted octanol–water partition coefficient (Wildman–Crippen LogP) is 2.96. The van der Waals surface area contributed by atoms with Gasteiger partial charge < -0.3 is 9.73 Å². The fourth-order valence-electron chi connectivity index (χ4n) is 2.06. The Morgan fingerprint density at radius 3 is 2.86 bits per heavy atom. The monoisotopic (exact) mass is 317 g/mol. The number of nitrogens with zero attached hydrogens (tertiary/aromatic N) is 2. The number of oxazole rings is 1. The van der Waals surface area contributed by atoms with Gasteiger partial charge in [0.2, 0.25) is 0 Å². The minimum atomic E-state index is -0.431. The van der Waals surface area contributed by atoms with Gasteiger partial charge in [0.05, 0.1) is 10.5 Å². The number of aryl methyl sites for hydroxylation is 1. The van der Waals surface area contributed by atoms with E-state index in [4.69, 9.17) is 4.42 Å². The molecule has 0 aliphatic rings. The zero-order valence-electron chi connectivity index (χ0n) is 12.4. The van der Waals surface area contributed by atoms with Gasteiger partial charge in [-0.15, -0.1) is 11.3 Å². The van der Waals surface area contributed by atoms with E-state index in [9.17, 15) is 9.59 Å². The van der Waals surface area contributed by atoms with E-state index in [0.29, 0.717) is 28.4 Å². The highest BCUT2D eigenvalue weighted by molar-refractivity contribution is 7.09. The summed E-state index contributed by atoms with van der Waals surface area (Å²) in [7, 11) is 1.63. The predicted molar refractivity (Wildman–Crippen MR) is 85.6 cm³/mol. The second kappa shape index (κ2) is 5.42. The lowest BCUT2D eigenvalue weighted by Gasteiger charge is -2.03. The molecule has 0 spiro atoms. The van der Waals surface area contributed by atoms with Gasteiger partial charge in [-0.1, -0.05) is 13.8 Å². The number of benzene rings is 1. The Morgan fingerprint density at radius 1 is 1.41 bits per heavy atom.